The third-order valence-corrected chi connectivity index (χ3v) is 5.73. The van der Waals surface area contributed by atoms with Crippen LogP contribution in [0.25, 0.3) is 0 Å². The molecule has 3 atom stereocenters. The van der Waals surface area contributed by atoms with E-state index < -0.39 is 6.04 Å². The smallest absolute Gasteiger partial charge is 0.240 e. The Hall–Kier alpha value is -1.87. The number of ether oxygens (including phenoxy) is 3. The summed E-state index contributed by atoms with van der Waals surface area (Å²) in [5.41, 5.74) is 6.98. The van der Waals surface area contributed by atoms with Crippen LogP contribution in [0, 0.1) is 16.7 Å². The number of likely N-dealkylation sites (tertiary alicyclic amines) is 1. The lowest BCUT2D eigenvalue weighted by molar-refractivity contribution is -0.135. The lowest BCUT2D eigenvalue weighted by Crippen LogP contribution is -2.51. The van der Waals surface area contributed by atoms with Gasteiger partial charge in [0.1, 0.15) is 11.5 Å². The van der Waals surface area contributed by atoms with E-state index in [4.69, 9.17) is 37.3 Å². The Morgan fingerprint density at radius 2 is 1.66 bits per heavy atom. The average Bonchev–Trinajstić information content (AvgIpc) is 3.20. The first-order chi connectivity index (χ1) is 16.4. The third kappa shape index (κ3) is 10.7. The maximum Gasteiger partial charge on any atom is 0.240 e. The summed E-state index contributed by atoms with van der Waals surface area (Å²) in [6, 6.07) is 2.98. The minimum Gasteiger partial charge on any atom is -0.496 e. The van der Waals surface area contributed by atoms with E-state index in [0.717, 1.165) is 13.5 Å². The fraction of sp³-hybridized carbons (Fsp3) is 0.692. The number of nitrogens with two attached hydrogens (primary N) is 1. The van der Waals surface area contributed by atoms with E-state index in [1.165, 1.54) is 0 Å². The van der Waals surface area contributed by atoms with Gasteiger partial charge >= 0.3 is 0 Å². The van der Waals surface area contributed by atoms with Crippen molar-refractivity contribution in [2.45, 2.75) is 66.5 Å². The highest BCUT2D eigenvalue weighted by molar-refractivity contribution is 6.32. The standard InChI is InChI=1S/C21H32ClN3O3.C2H6O.C2H6.CH4O/c1-12-7-13(11-25(12)20(26)19(24)21(2,3)4)8-16(23)14-9-15(22)18(28-6)10-17(14)27-5;1-3-2;2*1-2/h9-10,12-13,19,23H,7-8,11,24H2,1-6H3;1-2H3;1-2H3;2H,1H3. The quantitative estimate of drug-likeness (QED) is 0.474. The summed E-state index contributed by atoms with van der Waals surface area (Å²) < 4.78 is 14.9. The maximum atomic E-state index is 12.8. The number of hydrogen-bond acceptors (Lipinski definition) is 7. The van der Waals surface area contributed by atoms with Gasteiger partial charge in [-0.3, -0.25) is 4.79 Å². The van der Waals surface area contributed by atoms with Gasteiger partial charge in [0, 0.05) is 51.3 Å². The number of rotatable bonds is 6. The van der Waals surface area contributed by atoms with Crippen molar-refractivity contribution in [2.24, 2.45) is 17.1 Å². The molecular weight excluding hydrogens is 470 g/mol. The number of aliphatic hydroxyl groups excluding tert-OH is 1. The molecule has 1 saturated heterocycles. The van der Waals surface area contributed by atoms with Crippen LogP contribution in [0.4, 0.5) is 0 Å². The second-order valence-electron chi connectivity index (χ2n) is 9.06. The van der Waals surface area contributed by atoms with Gasteiger partial charge in [-0.1, -0.05) is 46.2 Å². The summed E-state index contributed by atoms with van der Waals surface area (Å²) in [6.07, 6.45) is 1.38. The first kappa shape index (κ1) is 35.3. The zero-order valence-electron chi connectivity index (χ0n) is 23.5. The minimum atomic E-state index is -0.534. The number of halogens is 1. The molecule has 1 amide bonds. The highest BCUT2D eigenvalue weighted by atomic mass is 35.5. The molecular formula is C26H48ClN3O5. The topological polar surface area (TPSA) is 118 Å². The molecule has 3 unspecified atom stereocenters. The van der Waals surface area contributed by atoms with Crippen LogP contribution in [0.1, 0.15) is 59.9 Å². The van der Waals surface area contributed by atoms with Crippen LogP contribution in [0.15, 0.2) is 12.1 Å². The van der Waals surface area contributed by atoms with Crippen LogP contribution in [-0.2, 0) is 9.53 Å². The van der Waals surface area contributed by atoms with E-state index in [-0.39, 0.29) is 23.3 Å². The van der Waals surface area contributed by atoms with Gasteiger partial charge in [0.25, 0.3) is 0 Å². The Kier molecular flexibility index (Phi) is 17.7. The Balaban J connectivity index is 0. The van der Waals surface area contributed by atoms with Crippen molar-refractivity contribution >= 4 is 23.2 Å². The first-order valence-corrected chi connectivity index (χ1v) is 12.2. The van der Waals surface area contributed by atoms with Gasteiger partial charge in [-0.05, 0) is 37.2 Å². The zero-order chi connectivity index (χ0) is 27.9. The largest absolute Gasteiger partial charge is 0.496 e. The molecule has 1 heterocycles. The molecule has 9 heteroatoms. The number of nitrogens with one attached hydrogen (secondary N) is 1. The molecule has 1 fully saturated rings. The molecule has 0 saturated carbocycles. The Bertz CT molecular complexity index is 768. The zero-order valence-corrected chi connectivity index (χ0v) is 24.2. The predicted octanol–water partition coefficient (Wildman–Crippen LogP) is 4.62. The fourth-order valence-corrected chi connectivity index (χ4v) is 3.88. The van der Waals surface area contributed by atoms with Crippen molar-refractivity contribution in [1.29, 1.82) is 5.41 Å². The number of methoxy groups -OCH3 is 3. The van der Waals surface area contributed by atoms with Gasteiger partial charge in [0.05, 0.1) is 25.3 Å². The second kappa shape index (κ2) is 17.5. The predicted molar refractivity (Wildman–Crippen MR) is 145 cm³/mol. The lowest BCUT2D eigenvalue weighted by atomic mass is 9.86. The van der Waals surface area contributed by atoms with Crippen LogP contribution in [0.3, 0.4) is 0 Å². The fourth-order valence-electron chi connectivity index (χ4n) is 3.64. The number of benzene rings is 1. The minimum absolute atomic E-state index is 0.0147. The van der Waals surface area contributed by atoms with Crippen molar-refractivity contribution in [2.75, 3.05) is 42.1 Å². The van der Waals surface area contributed by atoms with Gasteiger partial charge in [-0.25, -0.2) is 0 Å². The highest BCUT2D eigenvalue weighted by Crippen LogP contribution is 2.35. The van der Waals surface area contributed by atoms with Gasteiger partial charge in [0.2, 0.25) is 5.91 Å². The van der Waals surface area contributed by atoms with Crippen LogP contribution in [0.2, 0.25) is 5.02 Å². The summed E-state index contributed by atoms with van der Waals surface area (Å²) in [5, 5.41) is 16.0. The van der Waals surface area contributed by atoms with Crippen molar-refractivity contribution < 1.29 is 24.1 Å². The third-order valence-electron chi connectivity index (χ3n) is 5.44. The number of carbonyl (C=O) groups is 1. The van der Waals surface area contributed by atoms with E-state index in [9.17, 15) is 4.79 Å². The van der Waals surface area contributed by atoms with Gasteiger partial charge in [-0.2, -0.15) is 0 Å². The van der Waals surface area contributed by atoms with Crippen molar-refractivity contribution in [3.8, 4) is 11.5 Å². The van der Waals surface area contributed by atoms with Crippen molar-refractivity contribution in [3.63, 3.8) is 0 Å². The number of amides is 1. The second-order valence-corrected chi connectivity index (χ2v) is 9.47. The van der Waals surface area contributed by atoms with E-state index >= 15 is 0 Å². The Labute approximate surface area is 217 Å². The molecule has 204 valence electrons. The van der Waals surface area contributed by atoms with Crippen LogP contribution >= 0.6 is 11.6 Å². The number of hydrogen-bond donors (Lipinski definition) is 3. The molecule has 1 aromatic rings. The molecule has 1 aliphatic heterocycles. The molecule has 1 aromatic carbocycles. The summed E-state index contributed by atoms with van der Waals surface area (Å²) in [5.74, 6) is 1.25. The maximum absolute atomic E-state index is 12.8. The van der Waals surface area contributed by atoms with Crippen LogP contribution < -0.4 is 15.2 Å². The van der Waals surface area contributed by atoms with Crippen LogP contribution in [0.5, 0.6) is 11.5 Å². The number of aliphatic hydroxyl groups is 1. The Morgan fingerprint density at radius 1 is 1.17 bits per heavy atom. The molecule has 4 N–H and O–H groups in total. The summed E-state index contributed by atoms with van der Waals surface area (Å²) in [7, 11) is 7.35. The molecule has 0 radical (unpaired) electrons. The molecule has 0 aliphatic carbocycles. The summed E-state index contributed by atoms with van der Waals surface area (Å²) in [6.45, 7) is 12.6. The molecule has 2 rings (SSSR count). The number of carbonyl (C=O) groups excluding carboxylic acids is 1. The molecule has 0 spiro atoms. The first-order valence-electron chi connectivity index (χ1n) is 11.8. The highest BCUT2D eigenvalue weighted by Gasteiger charge is 2.38. The van der Waals surface area contributed by atoms with E-state index in [1.807, 2.05) is 46.4 Å². The summed E-state index contributed by atoms with van der Waals surface area (Å²) in [4.78, 5) is 14.7. The molecule has 0 aromatic heterocycles. The molecule has 1 aliphatic rings. The number of nitrogens with zero attached hydrogens (tertiary/aromatic N) is 1. The van der Waals surface area contributed by atoms with Crippen LogP contribution in [-0.4, -0.2) is 75.8 Å². The van der Waals surface area contributed by atoms with Gasteiger partial charge < -0.3 is 35.4 Å². The van der Waals surface area contributed by atoms with Gasteiger partial charge in [0.15, 0.2) is 0 Å². The molecule has 8 nitrogen and oxygen atoms in total. The summed E-state index contributed by atoms with van der Waals surface area (Å²) >= 11 is 6.24. The van der Waals surface area contributed by atoms with Crippen molar-refractivity contribution in [1.82, 2.24) is 4.90 Å². The van der Waals surface area contributed by atoms with Gasteiger partial charge in [-0.15, -0.1) is 0 Å². The van der Waals surface area contributed by atoms with Crippen molar-refractivity contribution in [3.05, 3.63) is 22.7 Å². The average molecular weight is 518 g/mol. The lowest BCUT2D eigenvalue weighted by Gasteiger charge is -2.32. The van der Waals surface area contributed by atoms with E-state index in [1.54, 1.807) is 40.6 Å². The molecule has 0 bridgehead atoms. The Morgan fingerprint density at radius 3 is 2.09 bits per heavy atom. The SMILES string of the molecule is CC.CO.COC.COc1cc(OC)c(C(=N)CC2CC(C)N(C(=O)C(N)C(C)(C)C)C2)cc1Cl. The molecule has 35 heavy (non-hydrogen) atoms. The van der Waals surface area contributed by atoms with E-state index in [0.29, 0.717) is 40.8 Å². The van der Waals surface area contributed by atoms with E-state index in [2.05, 4.69) is 4.74 Å². The normalized spacial score (nSPS) is 17.5. The monoisotopic (exact) mass is 517 g/mol.